The Morgan fingerprint density at radius 1 is 1.50 bits per heavy atom. The SMILES string of the molecule is CCOC(=O)N[C@H]1CCCN(c2cc(C#N)c3ccccc3n2)C1. The van der Waals surface area contributed by atoms with Crippen molar-refractivity contribution in [2.75, 3.05) is 24.6 Å². The molecule has 1 fully saturated rings. The standard InChI is InChI=1S/C18H20N4O2/c1-2-24-18(23)20-14-6-5-9-22(12-14)17-10-13(11-19)15-7-3-4-8-16(15)21-17/h3-4,7-8,10,14H,2,5-6,9,12H2,1H3,(H,20,23)/t14-/m0/s1. The molecule has 2 heterocycles. The molecule has 1 N–H and O–H groups in total. The summed E-state index contributed by atoms with van der Waals surface area (Å²) < 4.78 is 4.95. The number of piperidine rings is 1. The summed E-state index contributed by atoms with van der Waals surface area (Å²) in [4.78, 5) is 18.4. The van der Waals surface area contributed by atoms with Crippen LogP contribution in [-0.2, 0) is 4.74 Å². The monoisotopic (exact) mass is 324 g/mol. The highest BCUT2D eigenvalue weighted by Crippen LogP contribution is 2.24. The number of hydrogen-bond acceptors (Lipinski definition) is 5. The van der Waals surface area contributed by atoms with Gasteiger partial charge in [-0.1, -0.05) is 18.2 Å². The number of fused-ring (bicyclic) bond motifs is 1. The van der Waals surface area contributed by atoms with Crippen LogP contribution >= 0.6 is 0 Å². The summed E-state index contributed by atoms with van der Waals surface area (Å²) in [5, 5.41) is 13.2. The fourth-order valence-electron chi connectivity index (χ4n) is 3.06. The van der Waals surface area contributed by atoms with Crippen LogP contribution in [0.25, 0.3) is 10.9 Å². The van der Waals surface area contributed by atoms with Crippen molar-refractivity contribution in [2.24, 2.45) is 0 Å². The molecule has 1 aromatic heterocycles. The molecular weight excluding hydrogens is 304 g/mol. The number of ether oxygens (including phenoxy) is 1. The number of nitrogens with one attached hydrogen (secondary N) is 1. The lowest BCUT2D eigenvalue weighted by atomic mass is 10.0. The third-order valence-electron chi connectivity index (χ3n) is 4.17. The Balaban J connectivity index is 1.82. The van der Waals surface area contributed by atoms with Gasteiger partial charge in [0.15, 0.2) is 0 Å². The number of anilines is 1. The first-order valence-corrected chi connectivity index (χ1v) is 8.19. The molecule has 6 heteroatoms. The molecule has 24 heavy (non-hydrogen) atoms. The maximum absolute atomic E-state index is 11.6. The van der Waals surface area contributed by atoms with Crippen LogP contribution < -0.4 is 10.2 Å². The summed E-state index contributed by atoms with van der Waals surface area (Å²) in [6, 6.07) is 11.8. The zero-order valence-electron chi connectivity index (χ0n) is 13.7. The highest BCUT2D eigenvalue weighted by Gasteiger charge is 2.23. The van der Waals surface area contributed by atoms with E-state index in [4.69, 9.17) is 4.74 Å². The Morgan fingerprint density at radius 3 is 3.12 bits per heavy atom. The van der Waals surface area contributed by atoms with Gasteiger partial charge < -0.3 is 15.0 Å². The Labute approximate surface area is 141 Å². The summed E-state index contributed by atoms with van der Waals surface area (Å²) in [6.45, 7) is 3.67. The van der Waals surface area contributed by atoms with Crippen LogP contribution in [0.5, 0.6) is 0 Å². The van der Waals surface area contributed by atoms with Gasteiger partial charge in [0.25, 0.3) is 0 Å². The summed E-state index contributed by atoms with van der Waals surface area (Å²) in [5.74, 6) is 0.778. The van der Waals surface area contributed by atoms with Gasteiger partial charge in [-0.15, -0.1) is 0 Å². The largest absolute Gasteiger partial charge is 0.450 e. The zero-order chi connectivity index (χ0) is 16.9. The second kappa shape index (κ2) is 7.18. The Morgan fingerprint density at radius 2 is 2.33 bits per heavy atom. The van der Waals surface area contributed by atoms with Crippen molar-refractivity contribution >= 4 is 22.8 Å². The number of nitriles is 1. The van der Waals surface area contributed by atoms with E-state index in [1.807, 2.05) is 30.3 Å². The summed E-state index contributed by atoms with van der Waals surface area (Å²) >= 11 is 0. The first-order chi connectivity index (χ1) is 11.7. The first kappa shape index (κ1) is 16.1. The molecule has 1 amide bonds. The molecule has 3 rings (SSSR count). The van der Waals surface area contributed by atoms with Crippen molar-refractivity contribution < 1.29 is 9.53 Å². The molecule has 1 atom stereocenters. The third kappa shape index (κ3) is 3.40. The average molecular weight is 324 g/mol. The fraction of sp³-hybridized carbons (Fsp3) is 0.389. The van der Waals surface area contributed by atoms with Crippen molar-refractivity contribution in [3.8, 4) is 6.07 Å². The summed E-state index contributed by atoms with van der Waals surface area (Å²) in [7, 11) is 0. The smallest absolute Gasteiger partial charge is 0.407 e. The summed E-state index contributed by atoms with van der Waals surface area (Å²) in [5.41, 5.74) is 1.43. The lowest BCUT2D eigenvalue weighted by Gasteiger charge is -2.33. The molecule has 1 aromatic carbocycles. The van der Waals surface area contributed by atoms with E-state index in [2.05, 4.69) is 21.3 Å². The van der Waals surface area contributed by atoms with Crippen LogP contribution in [0, 0.1) is 11.3 Å². The highest BCUT2D eigenvalue weighted by atomic mass is 16.5. The van der Waals surface area contributed by atoms with E-state index < -0.39 is 0 Å². The molecular formula is C18H20N4O2. The predicted molar refractivity (Wildman–Crippen MR) is 91.9 cm³/mol. The molecule has 0 spiro atoms. The van der Waals surface area contributed by atoms with Crippen molar-refractivity contribution in [1.82, 2.24) is 10.3 Å². The number of aromatic nitrogens is 1. The van der Waals surface area contributed by atoms with E-state index in [0.717, 1.165) is 36.1 Å². The van der Waals surface area contributed by atoms with Crippen LogP contribution in [0.3, 0.4) is 0 Å². The minimum atomic E-state index is -0.381. The van der Waals surface area contributed by atoms with Crippen molar-refractivity contribution in [2.45, 2.75) is 25.8 Å². The second-order valence-electron chi connectivity index (χ2n) is 5.81. The number of carbonyl (C=O) groups excluding carboxylic acids is 1. The minimum absolute atomic E-state index is 0.0246. The molecule has 0 saturated carbocycles. The van der Waals surface area contributed by atoms with Gasteiger partial charge in [-0.05, 0) is 31.9 Å². The molecule has 1 aliphatic rings. The molecule has 6 nitrogen and oxygen atoms in total. The quantitative estimate of drug-likeness (QED) is 0.939. The van der Waals surface area contributed by atoms with E-state index >= 15 is 0 Å². The van der Waals surface area contributed by atoms with Crippen molar-refractivity contribution in [1.29, 1.82) is 5.26 Å². The van der Waals surface area contributed by atoms with E-state index in [0.29, 0.717) is 18.7 Å². The zero-order valence-corrected chi connectivity index (χ0v) is 13.7. The Hall–Kier alpha value is -2.81. The van der Waals surface area contributed by atoms with Gasteiger partial charge in [-0.2, -0.15) is 5.26 Å². The molecule has 124 valence electrons. The number of rotatable bonds is 3. The Kier molecular flexibility index (Phi) is 4.80. The normalized spacial score (nSPS) is 17.3. The first-order valence-electron chi connectivity index (χ1n) is 8.19. The maximum Gasteiger partial charge on any atom is 0.407 e. The number of benzene rings is 1. The van der Waals surface area contributed by atoms with Crippen LogP contribution in [0.1, 0.15) is 25.3 Å². The minimum Gasteiger partial charge on any atom is -0.450 e. The summed E-state index contributed by atoms with van der Waals surface area (Å²) in [6.07, 6.45) is 1.48. The number of nitrogens with zero attached hydrogens (tertiary/aromatic N) is 3. The predicted octanol–water partition coefficient (Wildman–Crippen LogP) is 2.82. The molecule has 0 bridgehead atoms. The second-order valence-corrected chi connectivity index (χ2v) is 5.81. The van der Waals surface area contributed by atoms with Crippen molar-refractivity contribution in [3.05, 3.63) is 35.9 Å². The van der Waals surface area contributed by atoms with Gasteiger partial charge in [0, 0.05) is 24.5 Å². The van der Waals surface area contributed by atoms with Gasteiger partial charge in [0.1, 0.15) is 5.82 Å². The number of carbonyl (C=O) groups is 1. The topological polar surface area (TPSA) is 78.2 Å². The Bertz CT molecular complexity index is 784. The lowest BCUT2D eigenvalue weighted by Crippen LogP contribution is -2.48. The van der Waals surface area contributed by atoms with Crippen LogP contribution in [-0.4, -0.2) is 36.8 Å². The number of alkyl carbamates (subject to hydrolysis) is 1. The lowest BCUT2D eigenvalue weighted by molar-refractivity contribution is 0.146. The van der Waals surface area contributed by atoms with E-state index in [1.165, 1.54) is 0 Å². The number of para-hydroxylation sites is 1. The molecule has 1 aliphatic heterocycles. The fourth-order valence-corrected chi connectivity index (χ4v) is 3.06. The van der Waals surface area contributed by atoms with Gasteiger partial charge in [0.2, 0.25) is 0 Å². The number of hydrogen-bond donors (Lipinski definition) is 1. The molecule has 2 aromatic rings. The highest BCUT2D eigenvalue weighted by molar-refractivity contribution is 5.86. The molecule has 1 saturated heterocycles. The van der Waals surface area contributed by atoms with Crippen LogP contribution in [0.2, 0.25) is 0 Å². The van der Waals surface area contributed by atoms with Gasteiger partial charge >= 0.3 is 6.09 Å². The number of pyridine rings is 1. The van der Waals surface area contributed by atoms with Crippen molar-refractivity contribution in [3.63, 3.8) is 0 Å². The molecule has 0 aliphatic carbocycles. The van der Waals surface area contributed by atoms with Gasteiger partial charge in [-0.25, -0.2) is 9.78 Å². The van der Waals surface area contributed by atoms with E-state index in [9.17, 15) is 10.1 Å². The average Bonchev–Trinajstić information content (AvgIpc) is 2.61. The van der Waals surface area contributed by atoms with Crippen LogP contribution in [0.4, 0.5) is 10.6 Å². The van der Waals surface area contributed by atoms with E-state index in [1.54, 1.807) is 6.92 Å². The third-order valence-corrected chi connectivity index (χ3v) is 4.17. The molecule has 0 unspecified atom stereocenters. The van der Waals surface area contributed by atoms with Crippen LogP contribution in [0.15, 0.2) is 30.3 Å². The molecule has 0 radical (unpaired) electrons. The van der Waals surface area contributed by atoms with Gasteiger partial charge in [0.05, 0.1) is 23.8 Å². The van der Waals surface area contributed by atoms with E-state index in [-0.39, 0.29) is 12.1 Å². The number of amides is 1. The maximum atomic E-state index is 11.6. The van der Waals surface area contributed by atoms with Gasteiger partial charge in [-0.3, -0.25) is 0 Å².